The van der Waals surface area contributed by atoms with Crippen molar-refractivity contribution in [3.05, 3.63) is 39.9 Å². The molecular weight excluding hydrogens is 391 g/mol. The van der Waals surface area contributed by atoms with Crippen molar-refractivity contribution in [1.82, 2.24) is 9.21 Å². The first-order valence-corrected chi connectivity index (χ1v) is 9.55. The highest BCUT2D eigenvalue weighted by molar-refractivity contribution is 7.89. The fourth-order valence-electron chi connectivity index (χ4n) is 3.03. The lowest BCUT2D eigenvalue weighted by Gasteiger charge is -2.34. The Labute approximate surface area is 152 Å². The molecule has 0 N–H and O–H groups in total. The van der Waals surface area contributed by atoms with Gasteiger partial charge in [0.15, 0.2) is 0 Å². The predicted molar refractivity (Wildman–Crippen MR) is 85.7 cm³/mol. The van der Waals surface area contributed by atoms with Gasteiger partial charge in [-0.1, -0.05) is 0 Å². The molecule has 1 heterocycles. The van der Waals surface area contributed by atoms with Crippen LogP contribution >= 0.6 is 0 Å². The lowest BCUT2D eigenvalue weighted by atomic mass is 10.2. The van der Waals surface area contributed by atoms with E-state index in [0.717, 1.165) is 16.4 Å². The molecule has 2 atom stereocenters. The number of hydrogen-bond donors (Lipinski definition) is 0. The number of carbonyl (C=O) groups is 1. The van der Waals surface area contributed by atoms with Crippen LogP contribution in [0.25, 0.3) is 0 Å². The maximum atomic E-state index is 12.6. The fraction of sp³-hybridized carbons (Fsp3) is 0.533. The van der Waals surface area contributed by atoms with Crippen molar-refractivity contribution in [1.29, 1.82) is 0 Å². The van der Waals surface area contributed by atoms with Gasteiger partial charge in [0.25, 0.3) is 0 Å². The molecule has 27 heavy (non-hydrogen) atoms. The number of amides is 1. The number of hydrogen-bond acceptors (Lipinski definition) is 5. The van der Waals surface area contributed by atoms with Crippen LogP contribution in [0.4, 0.5) is 13.2 Å². The molecule has 1 saturated carbocycles. The van der Waals surface area contributed by atoms with Crippen molar-refractivity contribution in [2.24, 2.45) is 5.92 Å². The minimum atomic E-state index is -4.56. The predicted octanol–water partition coefficient (Wildman–Crippen LogP) is 1.20. The van der Waals surface area contributed by atoms with Crippen LogP contribution in [-0.2, 0) is 21.0 Å². The van der Waals surface area contributed by atoms with E-state index in [4.69, 9.17) is 0 Å². The molecule has 148 valence electrons. The molecule has 8 nitrogen and oxygen atoms in total. The van der Waals surface area contributed by atoms with Gasteiger partial charge in [0.1, 0.15) is 5.92 Å². The molecule has 1 aromatic rings. The summed E-state index contributed by atoms with van der Waals surface area (Å²) in [7, 11) is -3.98. The Morgan fingerprint density at radius 3 is 2.11 bits per heavy atom. The Morgan fingerprint density at radius 2 is 1.67 bits per heavy atom. The van der Waals surface area contributed by atoms with E-state index >= 15 is 0 Å². The van der Waals surface area contributed by atoms with Crippen LogP contribution in [0.3, 0.4) is 0 Å². The van der Waals surface area contributed by atoms with Gasteiger partial charge in [-0.15, -0.1) is 0 Å². The Kier molecular flexibility index (Phi) is 4.89. The summed E-state index contributed by atoms with van der Waals surface area (Å²) in [6.45, 7) is 0.120. The summed E-state index contributed by atoms with van der Waals surface area (Å²) in [6, 6.07) is 2.35. The van der Waals surface area contributed by atoms with E-state index in [1.165, 1.54) is 4.90 Å². The largest absolute Gasteiger partial charge is 0.416 e. The van der Waals surface area contributed by atoms with Crippen molar-refractivity contribution >= 4 is 15.9 Å². The van der Waals surface area contributed by atoms with Gasteiger partial charge in [-0.3, -0.25) is 14.9 Å². The van der Waals surface area contributed by atoms with Gasteiger partial charge in [-0.25, -0.2) is 8.42 Å². The van der Waals surface area contributed by atoms with Crippen molar-refractivity contribution in [2.45, 2.75) is 23.5 Å². The molecule has 1 amide bonds. The lowest BCUT2D eigenvalue weighted by molar-refractivity contribution is -0.497. The maximum absolute atomic E-state index is 12.6. The number of rotatable bonds is 4. The number of piperazine rings is 1. The minimum Gasteiger partial charge on any atom is -0.340 e. The highest BCUT2D eigenvalue weighted by Crippen LogP contribution is 2.35. The average molecular weight is 407 g/mol. The summed E-state index contributed by atoms with van der Waals surface area (Å²) in [4.78, 5) is 23.5. The van der Waals surface area contributed by atoms with Crippen molar-refractivity contribution in [3.8, 4) is 0 Å². The molecule has 0 spiro atoms. The molecule has 12 heteroatoms. The SMILES string of the molecule is O=C([C@@H]1C[C@H]1[N+](=O)[O-])N1CCN(S(=O)(=O)c2ccc(C(F)(F)F)cc2)CC1. The van der Waals surface area contributed by atoms with Gasteiger partial charge in [0, 0.05) is 37.5 Å². The van der Waals surface area contributed by atoms with Crippen molar-refractivity contribution in [2.75, 3.05) is 26.2 Å². The molecule has 3 rings (SSSR count). The number of alkyl halides is 3. The molecular formula is C15H16F3N3O5S. The quantitative estimate of drug-likeness (QED) is 0.552. The van der Waals surface area contributed by atoms with Gasteiger partial charge in [0.2, 0.25) is 22.0 Å². The topological polar surface area (TPSA) is 101 Å². The first-order chi connectivity index (χ1) is 12.5. The molecule has 0 radical (unpaired) electrons. The molecule has 0 aromatic heterocycles. The standard InChI is InChI=1S/C15H16F3N3O5S/c16-15(17,18)10-1-3-11(4-2-10)27(25,26)20-7-5-19(6-8-20)14(22)12-9-13(12)21(23)24/h1-4,12-13H,5-9H2/t12-,13-/m1/s1. The molecule has 0 unspecified atom stereocenters. The smallest absolute Gasteiger partial charge is 0.340 e. The lowest BCUT2D eigenvalue weighted by Crippen LogP contribution is -2.51. The van der Waals surface area contributed by atoms with Crippen LogP contribution in [0.2, 0.25) is 0 Å². The van der Waals surface area contributed by atoms with Gasteiger partial charge < -0.3 is 4.90 Å². The highest BCUT2D eigenvalue weighted by atomic mass is 32.2. The number of carbonyl (C=O) groups excluding carboxylic acids is 1. The zero-order valence-corrected chi connectivity index (χ0v) is 14.7. The third kappa shape index (κ3) is 3.90. The molecule has 1 aliphatic heterocycles. The average Bonchev–Trinajstić information content (AvgIpc) is 3.41. The van der Waals surface area contributed by atoms with Crippen LogP contribution in [-0.4, -0.2) is 60.7 Å². The van der Waals surface area contributed by atoms with Crippen molar-refractivity contribution < 1.29 is 31.3 Å². The third-order valence-electron chi connectivity index (χ3n) is 4.71. The van der Waals surface area contributed by atoms with Crippen LogP contribution in [0.1, 0.15) is 12.0 Å². The summed E-state index contributed by atoms with van der Waals surface area (Å²) in [6.07, 6.45) is -4.37. The van der Waals surface area contributed by atoms with E-state index in [1.807, 2.05) is 0 Å². The Bertz CT molecular complexity index is 848. The second kappa shape index (κ2) is 6.75. The van der Waals surface area contributed by atoms with Crippen molar-refractivity contribution in [3.63, 3.8) is 0 Å². The zero-order chi connectivity index (χ0) is 20.0. The highest BCUT2D eigenvalue weighted by Gasteiger charge is 2.54. The first-order valence-electron chi connectivity index (χ1n) is 8.11. The third-order valence-corrected chi connectivity index (χ3v) is 6.63. The van der Waals surface area contributed by atoms with Crippen LogP contribution in [0, 0.1) is 16.0 Å². The molecule has 2 fully saturated rings. The van der Waals surface area contributed by atoms with E-state index in [-0.39, 0.29) is 43.4 Å². The number of sulfonamides is 1. The van der Waals surface area contributed by atoms with E-state index < -0.39 is 38.6 Å². The molecule has 0 bridgehead atoms. The number of nitro groups is 1. The van der Waals surface area contributed by atoms with E-state index in [9.17, 15) is 36.5 Å². The normalized spacial score (nSPS) is 23.9. The molecule has 1 saturated heterocycles. The molecule has 1 aliphatic carbocycles. The van der Waals surface area contributed by atoms with Crippen LogP contribution < -0.4 is 0 Å². The second-order valence-electron chi connectivity index (χ2n) is 6.45. The Balaban J connectivity index is 1.63. The summed E-state index contributed by atoms with van der Waals surface area (Å²) in [5.41, 5.74) is -0.943. The van der Waals surface area contributed by atoms with Gasteiger partial charge in [0.05, 0.1) is 10.5 Å². The minimum absolute atomic E-state index is 0.0229. The summed E-state index contributed by atoms with van der Waals surface area (Å²) in [5.74, 6) is -1.01. The zero-order valence-electron chi connectivity index (χ0n) is 13.9. The number of halogens is 3. The van der Waals surface area contributed by atoms with Gasteiger partial charge >= 0.3 is 6.18 Å². The molecule has 2 aliphatic rings. The maximum Gasteiger partial charge on any atom is 0.416 e. The fourth-order valence-corrected chi connectivity index (χ4v) is 4.45. The van der Waals surface area contributed by atoms with Gasteiger partial charge in [-0.05, 0) is 24.3 Å². The van der Waals surface area contributed by atoms with Crippen LogP contribution in [0.15, 0.2) is 29.2 Å². The summed E-state index contributed by atoms with van der Waals surface area (Å²) in [5, 5.41) is 10.7. The van der Waals surface area contributed by atoms with E-state index in [2.05, 4.69) is 0 Å². The summed E-state index contributed by atoms with van der Waals surface area (Å²) < 4.78 is 64.0. The Morgan fingerprint density at radius 1 is 1.11 bits per heavy atom. The summed E-state index contributed by atoms with van der Waals surface area (Å²) >= 11 is 0. The van der Waals surface area contributed by atoms with Crippen LogP contribution in [0.5, 0.6) is 0 Å². The Hall–Kier alpha value is -2.21. The molecule has 1 aromatic carbocycles. The van der Waals surface area contributed by atoms with Gasteiger partial charge in [-0.2, -0.15) is 17.5 Å². The van der Waals surface area contributed by atoms with E-state index in [0.29, 0.717) is 12.1 Å². The first kappa shape index (κ1) is 19.5. The number of nitrogens with zero attached hydrogens (tertiary/aromatic N) is 3. The number of benzene rings is 1. The second-order valence-corrected chi connectivity index (χ2v) is 8.38. The van der Waals surface area contributed by atoms with E-state index in [1.54, 1.807) is 0 Å². The monoisotopic (exact) mass is 407 g/mol.